The molecule has 0 saturated heterocycles. The van der Waals surface area contributed by atoms with Crippen LogP contribution in [0.15, 0.2) is 22.9 Å². The van der Waals surface area contributed by atoms with Gasteiger partial charge in [0.1, 0.15) is 17.3 Å². The van der Waals surface area contributed by atoms with Gasteiger partial charge in [-0.05, 0) is 32.3 Å². The molecule has 4 heteroatoms. The van der Waals surface area contributed by atoms with Crippen molar-refractivity contribution in [2.75, 3.05) is 0 Å². The first kappa shape index (κ1) is 13.4. The zero-order chi connectivity index (χ0) is 13.9. The normalized spacial score (nSPS) is 14.9. The fourth-order valence-electron chi connectivity index (χ4n) is 2.48. The highest BCUT2D eigenvalue weighted by molar-refractivity contribution is 5.22. The van der Waals surface area contributed by atoms with Crippen molar-refractivity contribution < 1.29 is 4.42 Å². The van der Waals surface area contributed by atoms with Crippen LogP contribution in [0.1, 0.15) is 49.1 Å². The van der Waals surface area contributed by atoms with Gasteiger partial charge in [-0.15, -0.1) is 0 Å². The summed E-state index contributed by atoms with van der Waals surface area (Å²) in [7, 11) is 0. The van der Waals surface area contributed by atoms with Gasteiger partial charge in [-0.2, -0.15) is 0 Å². The molecule has 0 amide bonds. The van der Waals surface area contributed by atoms with Crippen LogP contribution in [0.25, 0.3) is 0 Å². The van der Waals surface area contributed by atoms with Crippen LogP contribution in [0.4, 0.5) is 0 Å². The molecular formula is C16H23N3O. The van der Waals surface area contributed by atoms with Crippen LogP contribution < -0.4 is 5.32 Å². The van der Waals surface area contributed by atoms with Gasteiger partial charge in [-0.1, -0.05) is 6.92 Å². The summed E-state index contributed by atoms with van der Waals surface area (Å²) in [6.07, 6.45) is 8.71. The number of hydrogen-bond acceptors (Lipinski definition) is 3. The summed E-state index contributed by atoms with van der Waals surface area (Å²) in [5.74, 6) is 3.22. The van der Waals surface area contributed by atoms with Crippen molar-refractivity contribution in [1.82, 2.24) is 14.9 Å². The minimum absolute atomic E-state index is 0.716. The lowest BCUT2D eigenvalue weighted by Gasteiger charge is -2.05. The summed E-state index contributed by atoms with van der Waals surface area (Å²) >= 11 is 0. The molecule has 4 nitrogen and oxygen atoms in total. The van der Waals surface area contributed by atoms with E-state index in [9.17, 15) is 0 Å². The van der Waals surface area contributed by atoms with Gasteiger partial charge in [0.15, 0.2) is 0 Å². The van der Waals surface area contributed by atoms with Crippen molar-refractivity contribution >= 4 is 0 Å². The van der Waals surface area contributed by atoms with E-state index in [0.29, 0.717) is 6.04 Å². The third kappa shape index (κ3) is 3.12. The molecule has 1 aliphatic rings. The summed E-state index contributed by atoms with van der Waals surface area (Å²) in [5, 5.41) is 3.49. The molecule has 0 radical (unpaired) electrons. The van der Waals surface area contributed by atoms with Crippen molar-refractivity contribution in [3.8, 4) is 0 Å². The van der Waals surface area contributed by atoms with Crippen LogP contribution in [-0.2, 0) is 19.5 Å². The zero-order valence-electron chi connectivity index (χ0n) is 12.4. The molecule has 0 atom stereocenters. The Morgan fingerprint density at radius 2 is 2.30 bits per heavy atom. The molecule has 0 spiro atoms. The van der Waals surface area contributed by atoms with E-state index in [2.05, 4.69) is 34.1 Å². The largest absolute Gasteiger partial charge is 0.465 e. The summed E-state index contributed by atoms with van der Waals surface area (Å²) < 4.78 is 8.07. The Labute approximate surface area is 120 Å². The maximum atomic E-state index is 5.85. The number of hydrogen-bond donors (Lipinski definition) is 1. The quantitative estimate of drug-likeness (QED) is 0.843. The molecule has 2 heterocycles. The van der Waals surface area contributed by atoms with Crippen molar-refractivity contribution in [3.05, 3.63) is 41.4 Å². The van der Waals surface area contributed by atoms with Crippen LogP contribution in [-0.4, -0.2) is 15.6 Å². The Morgan fingerprint density at radius 1 is 1.45 bits per heavy atom. The van der Waals surface area contributed by atoms with E-state index in [-0.39, 0.29) is 0 Å². The van der Waals surface area contributed by atoms with E-state index in [1.807, 2.05) is 13.1 Å². The second-order valence-electron chi connectivity index (χ2n) is 5.67. The van der Waals surface area contributed by atoms with Crippen LogP contribution in [0.5, 0.6) is 0 Å². The van der Waals surface area contributed by atoms with Gasteiger partial charge in [0, 0.05) is 30.4 Å². The molecule has 0 aliphatic heterocycles. The molecule has 3 rings (SSSR count). The molecule has 1 fully saturated rings. The van der Waals surface area contributed by atoms with Crippen LogP contribution in [0.2, 0.25) is 0 Å². The van der Waals surface area contributed by atoms with E-state index in [0.717, 1.165) is 43.3 Å². The Balaban J connectivity index is 1.67. The molecular weight excluding hydrogens is 250 g/mol. The number of furan rings is 1. The molecule has 1 saturated carbocycles. The maximum absolute atomic E-state index is 5.85. The van der Waals surface area contributed by atoms with Crippen LogP contribution in [0, 0.1) is 6.92 Å². The zero-order valence-corrected chi connectivity index (χ0v) is 12.4. The van der Waals surface area contributed by atoms with Crippen molar-refractivity contribution in [2.24, 2.45) is 0 Å². The molecule has 1 aliphatic carbocycles. The van der Waals surface area contributed by atoms with E-state index >= 15 is 0 Å². The van der Waals surface area contributed by atoms with Gasteiger partial charge >= 0.3 is 0 Å². The van der Waals surface area contributed by atoms with E-state index in [4.69, 9.17) is 4.42 Å². The molecule has 108 valence electrons. The van der Waals surface area contributed by atoms with E-state index < -0.39 is 0 Å². The smallest absolute Gasteiger partial charge is 0.118 e. The second-order valence-corrected chi connectivity index (χ2v) is 5.67. The standard InChI is InChI=1S/C16H23N3O/c1-3-4-16-17-7-8-19(16)11-13-9-15(20-12(13)2)10-18-14-5-6-14/h7-9,14,18H,3-6,10-11H2,1-2H3. The van der Waals surface area contributed by atoms with Gasteiger partial charge in [0.2, 0.25) is 0 Å². The number of imidazole rings is 1. The lowest BCUT2D eigenvalue weighted by atomic mass is 10.2. The molecule has 2 aromatic rings. The highest BCUT2D eigenvalue weighted by Crippen LogP contribution is 2.21. The molecule has 0 aromatic carbocycles. The van der Waals surface area contributed by atoms with Crippen LogP contribution in [0.3, 0.4) is 0 Å². The molecule has 20 heavy (non-hydrogen) atoms. The van der Waals surface area contributed by atoms with Gasteiger partial charge in [-0.3, -0.25) is 0 Å². The fraction of sp³-hybridized carbons (Fsp3) is 0.562. The maximum Gasteiger partial charge on any atom is 0.118 e. The Kier molecular flexibility index (Phi) is 3.92. The first-order chi connectivity index (χ1) is 9.76. The Hall–Kier alpha value is -1.55. The SMILES string of the molecule is CCCc1nccn1Cc1cc(CNC2CC2)oc1C. The van der Waals surface area contributed by atoms with E-state index in [1.54, 1.807) is 0 Å². The lowest BCUT2D eigenvalue weighted by Crippen LogP contribution is -2.14. The monoisotopic (exact) mass is 273 g/mol. The van der Waals surface area contributed by atoms with Gasteiger partial charge in [-0.25, -0.2) is 4.98 Å². The topological polar surface area (TPSA) is 43.0 Å². The second kappa shape index (κ2) is 5.83. The minimum atomic E-state index is 0.716. The summed E-state index contributed by atoms with van der Waals surface area (Å²) in [5.41, 5.74) is 1.26. The fourth-order valence-corrected chi connectivity index (χ4v) is 2.48. The van der Waals surface area contributed by atoms with E-state index in [1.165, 1.54) is 18.4 Å². The first-order valence-corrected chi connectivity index (χ1v) is 7.58. The third-order valence-electron chi connectivity index (χ3n) is 3.83. The average Bonchev–Trinajstić information content (AvgIpc) is 3.07. The van der Waals surface area contributed by atoms with Crippen molar-refractivity contribution in [2.45, 2.75) is 58.7 Å². The summed E-state index contributed by atoms with van der Waals surface area (Å²) in [4.78, 5) is 4.43. The lowest BCUT2D eigenvalue weighted by molar-refractivity contribution is 0.458. The van der Waals surface area contributed by atoms with Gasteiger partial charge < -0.3 is 14.3 Å². The number of nitrogens with zero attached hydrogens (tertiary/aromatic N) is 2. The highest BCUT2D eigenvalue weighted by atomic mass is 16.3. The Bertz CT molecular complexity index is 566. The predicted octanol–water partition coefficient (Wildman–Crippen LogP) is 3.04. The molecule has 2 aromatic heterocycles. The number of aryl methyl sites for hydroxylation is 2. The highest BCUT2D eigenvalue weighted by Gasteiger charge is 2.21. The third-order valence-corrected chi connectivity index (χ3v) is 3.83. The van der Waals surface area contributed by atoms with Crippen LogP contribution >= 0.6 is 0 Å². The van der Waals surface area contributed by atoms with Crippen molar-refractivity contribution in [1.29, 1.82) is 0 Å². The average molecular weight is 273 g/mol. The van der Waals surface area contributed by atoms with Crippen molar-refractivity contribution in [3.63, 3.8) is 0 Å². The minimum Gasteiger partial charge on any atom is -0.465 e. The first-order valence-electron chi connectivity index (χ1n) is 7.58. The molecule has 0 unspecified atom stereocenters. The van der Waals surface area contributed by atoms with Gasteiger partial charge in [0.05, 0.1) is 13.1 Å². The molecule has 1 N–H and O–H groups in total. The summed E-state index contributed by atoms with van der Waals surface area (Å²) in [6, 6.07) is 2.90. The number of rotatable bonds is 7. The van der Waals surface area contributed by atoms with Gasteiger partial charge in [0.25, 0.3) is 0 Å². The number of aromatic nitrogens is 2. The Morgan fingerprint density at radius 3 is 3.05 bits per heavy atom. The molecule has 0 bridgehead atoms. The summed E-state index contributed by atoms with van der Waals surface area (Å²) in [6.45, 7) is 5.93. The number of nitrogens with one attached hydrogen (secondary N) is 1. The predicted molar refractivity (Wildman–Crippen MR) is 78.6 cm³/mol.